The molecule has 0 unspecified atom stereocenters. The lowest BCUT2D eigenvalue weighted by atomic mass is 9.87. The molecule has 19 heavy (non-hydrogen) atoms. The van der Waals surface area contributed by atoms with Crippen molar-refractivity contribution in [3.8, 4) is 0 Å². The molecule has 7 heteroatoms. The van der Waals surface area contributed by atoms with E-state index < -0.39 is 11.0 Å². The molecule has 1 amide bonds. The summed E-state index contributed by atoms with van der Waals surface area (Å²) in [5, 5.41) is 13.3. The fourth-order valence-electron chi connectivity index (χ4n) is 1.35. The Hall–Kier alpha value is -1.47. The normalized spacial score (nSPS) is 12.9. The van der Waals surface area contributed by atoms with Crippen LogP contribution >= 0.6 is 15.9 Å². The minimum Gasteiger partial charge on any atom is -0.325 e. The lowest BCUT2D eigenvalue weighted by Gasteiger charge is -2.25. The highest BCUT2D eigenvalue weighted by molar-refractivity contribution is 9.10. The molecule has 0 spiro atoms. The molecule has 104 valence electrons. The van der Waals surface area contributed by atoms with E-state index in [-0.39, 0.29) is 17.0 Å². The van der Waals surface area contributed by atoms with Crippen molar-refractivity contribution < 1.29 is 9.72 Å². The summed E-state index contributed by atoms with van der Waals surface area (Å²) in [4.78, 5) is 22.1. The molecule has 0 saturated heterocycles. The first-order valence-electron chi connectivity index (χ1n) is 5.63. The van der Waals surface area contributed by atoms with Gasteiger partial charge < -0.3 is 11.1 Å². The molecule has 6 nitrogen and oxygen atoms in total. The molecular formula is C12H16BrN3O3. The second-order valence-electron chi connectivity index (χ2n) is 5.26. The molecule has 0 radical (unpaired) electrons. The van der Waals surface area contributed by atoms with Crippen LogP contribution in [0.2, 0.25) is 0 Å². The van der Waals surface area contributed by atoms with Crippen LogP contribution in [-0.2, 0) is 4.79 Å². The topological polar surface area (TPSA) is 98.3 Å². The number of carbonyl (C=O) groups excluding carboxylic acids is 1. The lowest BCUT2D eigenvalue weighted by molar-refractivity contribution is -0.385. The van der Waals surface area contributed by atoms with Crippen molar-refractivity contribution in [1.82, 2.24) is 0 Å². The van der Waals surface area contributed by atoms with Crippen LogP contribution < -0.4 is 11.1 Å². The molecule has 0 aliphatic heterocycles. The first kappa shape index (κ1) is 15.6. The van der Waals surface area contributed by atoms with Gasteiger partial charge in [0, 0.05) is 11.8 Å². The number of anilines is 1. The molecule has 0 aliphatic rings. The maximum atomic E-state index is 11.9. The Labute approximate surface area is 119 Å². The van der Waals surface area contributed by atoms with E-state index in [4.69, 9.17) is 5.73 Å². The van der Waals surface area contributed by atoms with Crippen LogP contribution in [0.25, 0.3) is 0 Å². The molecule has 1 rings (SSSR count). The molecule has 1 aromatic rings. The van der Waals surface area contributed by atoms with Crippen molar-refractivity contribution in [1.29, 1.82) is 0 Å². The summed E-state index contributed by atoms with van der Waals surface area (Å²) in [6.45, 7) is 5.59. The Morgan fingerprint density at radius 1 is 1.47 bits per heavy atom. The average Bonchev–Trinajstić information content (AvgIpc) is 2.26. The zero-order chi connectivity index (χ0) is 14.8. The molecule has 0 saturated carbocycles. The zero-order valence-electron chi connectivity index (χ0n) is 10.9. The summed E-state index contributed by atoms with van der Waals surface area (Å²) in [5.41, 5.74) is 5.87. The number of nitro benzene ring substituents is 1. The van der Waals surface area contributed by atoms with Gasteiger partial charge >= 0.3 is 0 Å². The number of benzene rings is 1. The van der Waals surface area contributed by atoms with E-state index in [1.165, 1.54) is 18.2 Å². The third kappa shape index (κ3) is 4.00. The van der Waals surface area contributed by atoms with Crippen molar-refractivity contribution in [3.63, 3.8) is 0 Å². The van der Waals surface area contributed by atoms with E-state index >= 15 is 0 Å². The van der Waals surface area contributed by atoms with Crippen molar-refractivity contribution in [2.24, 2.45) is 11.1 Å². The van der Waals surface area contributed by atoms with Gasteiger partial charge in [0.2, 0.25) is 5.91 Å². The minimum atomic E-state index is -0.665. The van der Waals surface area contributed by atoms with E-state index in [1.54, 1.807) is 0 Å². The highest BCUT2D eigenvalue weighted by atomic mass is 79.9. The smallest absolute Gasteiger partial charge is 0.283 e. The second-order valence-corrected chi connectivity index (χ2v) is 6.11. The molecule has 0 aliphatic carbocycles. The Morgan fingerprint density at radius 2 is 2.05 bits per heavy atom. The summed E-state index contributed by atoms with van der Waals surface area (Å²) in [6.07, 6.45) is 0. The van der Waals surface area contributed by atoms with Crippen molar-refractivity contribution in [2.75, 3.05) is 5.32 Å². The first-order chi connectivity index (χ1) is 8.62. The number of amides is 1. The number of nitrogens with zero attached hydrogens (tertiary/aromatic N) is 1. The Morgan fingerprint density at radius 3 is 2.47 bits per heavy atom. The highest BCUT2D eigenvalue weighted by Gasteiger charge is 2.27. The number of carbonyl (C=O) groups is 1. The van der Waals surface area contributed by atoms with Gasteiger partial charge in [-0.3, -0.25) is 14.9 Å². The average molecular weight is 330 g/mol. The van der Waals surface area contributed by atoms with Crippen LogP contribution in [0, 0.1) is 15.5 Å². The van der Waals surface area contributed by atoms with Gasteiger partial charge in [-0.1, -0.05) is 20.8 Å². The van der Waals surface area contributed by atoms with Crippen LogP contribution in [0.5, 0.6) is 0 Å². The number of hydrogen-bond donors (Lipinski definition) is 2. The fraction of sp³-hybridized carbons (Fsp3) is 0.417. The summed E-state index contributed by atoms with van der Waals surface area (Å²) in [7, 11) is 0. The van der Waals surface area contributed by atoms with Gasteiger partial charge in [0.05, 0.1) is 15.4 Å². The van der Waals surface area contributed by atoms with Gasteiger partial charge in [0.1, 0.15) is 0 Å². The predicted octanol–water partition coefficient (Wildman–Crippen LogP) is 2.67. The molecule has 1 aromatic carbocycles. The summed E-state index contributed by atoms with van der Waals surface area (Å²) < 4.78 is 0.305. The maximum absolute atomic E-state index is 11.9. The molecule has 0 fully saturated rings. The third-order valence-electron chi connectivity index (χ3n) is 2.63. The highest BCUT2D eigenvalue weighted by Crippen LogP contribution is 2.28. The quantitative estimate of drug-likeness (QED) is 0.657. The van der Waals surface area contributed by atoms with Crippen molar-refractivity contribution in [2.45, 2.75) is 26.8 Å². The molecule has 0 bridgehead atoms. The lowest BCUT2D eigenvalue weighted by Crippen LogP contribution is -2.45. The van der Waals surface area contributed by atoms with E-state index in [9.17, 15) is 14.9 Å². The summed E-state index contributed by atoms with van der Waals surface area (Å²) in [6, 6.07) is 3.60. The van der Waals surface area contributed by atoms with Crippen LogP contribution in [0.3, 0.4) is 0 Å². The molecule has 0 aromatic heterocycles. The summed E-state index contributed by atoms with van der Waals surface area (Å²) >= 11 is 3.09. The Bertz CT molecular complexity index is 511. The fourth-order valence-corrected chi connectivity index (χ4v) is 1.87. The number of rotatable bonds is 3. The van der Waals surface area contributed by atoms with E-state index in [2.05, 4.69) is 21.2 Å². The predicted molar refractivity (Wildman–Crippen MR) is 76.9 cm³/mol. The van der Waals surface area contributed by atoms with Crippen LogP contribution in [0.15, 0.2) is 22.7 Å². The van der Waals surface area contributed by atoms with Gasteiger partial charge in [0.15, 0.2) is 0 Å². The Kier molecular flexibility index (Phi) is 4.65. The van der Waals surface area contributed by atoms with Crippen LogP contribution in [0.4, 0.5) is 11.4 Å². The first-order valence-corrected chi connectivity index (χ1v) is 6.42. The van der Waals surface area contributed by atoms with Gasteiger partial charge in [-0.25, -0.2) is 0 Å². The van der Waals surface area contributed by atoms with Crippen LogP contribution in [0.1, 0.15) is 20.8 Å². The molecular weight excluding hydrogens is 314 g/mol. The largest absolute Gasteiger partial charge is 0.325 e. The van der Waals surface area contributed by atoms with E-state index in [1.807, 2.05) is 20.8 Å². The number of nitro groups is 1. The standard InChI is InChI=1S/C12H16BrN3O3/c1-12(2,3)10(14)11(17)15-7-4-5-9(16(18)19)8(13)6-7/h4-6,10H,14H2,1-3H3,(H,15,17)/t10-/m0/s1. The van der Waals surface area contributed by atoms with Crippen molar-refractivity contribution >= 4 is 33.2 Å². The molecule has 0 heterocycles. The third-order valence-corrected chi connectivity index (χ3v) is 3.26. The SMILES string of the molecule is CC(C)(C)[C@@H](N)C(=O)Nc1ccc([N+](=O)[O-])c(Br)c1. The van der Waals surface area contributed by atoms with Gasteiger partial charge in [-0.15, -0.1) is 0 Å². The summed E-state index contributed by atoms with van der Waals surface area (Å²) in [5.74, 6) is -0.326. The molecule has 1 atom stereocenters. The van der Waals surface area contributed by atoms with Crippen molar-refractivity contribution in [3.05, 3.63) is 32.8 Å². The van der Waals surface area contributed by atoms with Gasteiger partial charge in [-0.2, -0.15) is 0 Å². The monoisotopic (exact) mass is 329 g/mol. The number of halogens is 1. The zero-order valence-corrected chi connectivity index (χ0v) is 12.5. The maximum Gasteiger partial charge on any atom is 0.283 e. The van der Waals surface area contributed by atoms with E-state index in [0.29, 0.717) is 10.2 Å². The number of nitrogens with one attached hydrogen (secondary N) is 1. The minimum absolute atomic E-state index is 0.0573. The molecule has 3 N–H and O–H groups in total. The van der Waals surface area contributed by atoms with Gasteiger partial charge in [-0.05, 0) is 33.5 Å². The Balaban J connectivity index is 2.87. The number of nitrogens with two attached hydrogens (primary N) is 1. The second kappa shape index (κ2) is 5.66. The van der Waals surface area contributed by atoms with E-state index in [0.717, 1.165) is 0 Å². The van der Waals surface area contributed by atoms with Gasteiger partial charge in [0.25, 0.3) is 5.69 Å². The van der Waals surface area contributed by atoms with Crippen LogP contribution in [-0.4, -0.2) is 16.9 Å². The number of hydrogen-bond acceptors (Lipinski definition) is 4.